The van der Waals surface area contributed by atoms with E-state index in [1.807, 2.05) is 30.3 Å². The van der Waals surface area contributed by atoms with Gasteiger partial charge in [0.1, 0.15) is 5.82 Å². The van der Waals surface area contributed by atoms with Crippen LogP contribution < -0.4 is 0 Å². The van der Waals surface area contributed by atoms with E-state index in [0.29, 0.717) is 0 Å². The van der Waals surface area contributed by atoms with E-state index in [1.165, 1.54) is 12.1 Å². The first-order valence-electron chi connectivity index (χ1n) is 5.89. The predicted molar refractivity (Wildman–Crippen MR) is 73.1 cm³/mol. The number of hydrogen-bond donors (Lipinski definition) is 1. The fourth-order valence-electron chi connectivity index (χ4n) is 1.75. The minimum Gasteiger partial charge on any atom is -0.481 e. The number of aliphatic carboxylic acids is 1. The number of rotatable bonds is 4. The van der Waals surface area contributed by atoms with Crippen molar-refractivity contribution in [2.45, 2.75) is 6.42 Å². The van der Waals surface area contributed by atoms with Crippen molar-refractivity contribution in [2.75, 3.05) is 0 Å². The minimum atomic E-state index is -0.854. The first-order valence-corrected chi connectivity index (χ1v) is 5.89. The second-order valence-corrected chi connectivity index (χ2v) is 4.13. The molecule has 2 aromatic rings. The molecule has 19 heavy (non-hydrogen) atoms. The second-order valence-electron chi connectivity index (χ2n) is 4.13. The highest BCUT2D eigenvalue weighted by atomic mass is 19.1. The van der Waals surface area contributed by atoms with E-state index in [4.69, 9.17) is 5.11 Å². The maximum atomic E-state index is 13.1. The van der Waals surface area contributed by atoms with E-state index in [-0.39, 0.29) is 12.2 Å². The number of carboxylic acids is 1. The number of hydrogen-bond acceptors (Lipinski definition) is 1. The molecule has 0 aliphatic rings. The summed E-state index contributed by atoms with van der Waals surface area (Å²) in [5.41, 5.74) is 2.66. The number of halogens is 1. The van der Waals surface area contributed by atoms with Gasteiger partial charge < -0.3 is 5.11 Å². The lowest BCUT2D eigenvalue weighted by Crippen LogP contribution is -1.89. The van der Waals surface area contributed by atoms with Crippen LogP contribution in [0.2, 0.25) is 0 Å². The molecule has 0 saturated carbocycles. The Kier molecular flexibility index (Phi) is 4.08. The zero-order valence-electron chi connectivity index (χ0n) is 10.2. The molecule has 0 amide bonds. The van der Waals surface area contributed by atoms with E-state index < -0.39 is 5.97 Å². The molecule has 0 radical (unpaired) electrons. The zero-order chi connectivity index (χ0) is 13.7. The van der Waals surface area contributed by atoms with Crippen LogP contribution in [-0.4, -0.2) is 11.1 Å². The van der Waals surface area contributed by atoms with Crippen molar-refractivity contribution in [3.8, 4) is 11.1 Å². The molecular weight excluding hydrogens is 243 g/mol. The van der Waals surface area contributed by atoms with Crippen LogP contribution in [0.15, 0.2) is 54.6 Å². The summed E-state index contributed by atoms with van der Waals surface area (Å²) < 4.78 is 13.1. The van der Waals surface area contributed by atoms with Crippen LogP contribution in [0.1, 0.15) is 12.0 Å². The monoisotopic (exact) mass is 256 g/mol. The minimum absolute atomic E-state index is 0.00560. The van der Waals surface area contributed by atoms with E-state index in [0.717, 1.165) is 16.7 Å². The summed E-state index contributed by atoms with van der Waals surface area (Å²) in [6.07, 6.45) is 3.36. The Bertz CT molecular complexity index is 600. The van der Waals surface area contributed by atoms with Gasteiger partial charge in [0.25, 0.3) is 0 Å². The van der Waals surface area contributed by atoms with Crippen molar-refractivity contribution in [1.29, 1.82) is 0 Å². The summed E-state index contributed by atoms with van der Waals surface area (Å²) in [6.45, 7) is 0. The van der Waals surface area contributed by atoms with Crippen LogP contribution in [0.25, 0.3) is 17.2 Å². The number of benzene rings is 2. The van der Waals surface area contributed by atoms with Crippen LogP contribution in [0.3, 0.4) is 0 Å². The molecule has 0 aliphatic carbocycles. The first-order chi connectivity index (χ1) is 9.15. The van der Waals surface area contributed by atoms with Crippen molar-refractivity contribution in [3.05, 3.63) is 66.0 Å². The largest absolute Gasteiger partial charge is 0.481 e. The van der Waals surface area contributed by atoms with Crippen molar-refractivity contribution >= 4 is 12.0 Å². The van der Waals surface area contributed by atoms with Crippen molar-refractivity contribution in [2.24, 2.45) is 0 Å². The Morgan fingerprint density at radius 3 is 2.47 bits per heavy atom. The van der Waals surface area contributed by atoms with Crippen LogP contribution in [0.5, 0.6) is 0 Å². The molecule has 2 nitrogen and oxygen atoms in total. The third-order valence-electron chi connectivity index (χ3n) is 2.67. The number of carboxylic acid groups (broad SMARTS) is 1. The van der Waals surface area contributed by atoms with Gasteiger partial charge in [0.2, 0.25) is 0 Å². The van der Waals surface area contributed by atoms with E-state index in [9.17, 15) is 9.18 Å². The zero-order valence-corrected chi connectivity index (χ0v) is 10.2. The van der Waals surface area contributed by atoms with Crippen LogP contribution in [-0.2, 0) is 4.79 Å². The normalized spacial score (nSPS) is 10.8. The molecule has 0 aliphatic heterocycles. The molecule has 96 valence electrons. The molecule has 0 atom stereocenters. The molecule has 0 spiro atoms. The third-order valence-corrected chi connectivity index (χ3v) is 2.67. The van der Waals surface area contributed by atoms with E-state index in [1.54, 1.807) is 18.2 Å². The van der Waals surface area contributed by atoms with E-state index in [2.05, 4.69) is 0 Å². The summed E-state index contributed by atoms with van der Waals surface area (Å²) in [5.74, 6) is -1.12. The van der Waals surface area contributed by atoms with Crippen LogP contribution in [0.4, 0.5) is 4.39 Å². The highest BCUT2D eigenvalue weighted by molar-refractivity contribution is 5.71. The molecule has 1 N–H and O–H groups in total. The molecule has 3 heteroatoms. The molecule has 0 fully saturated rings. The molecule has 0 heterocycles. The molecule has 0 aromatic heterocycles. The highest BCUT2D eigenvalue weighted by Gasteiger charge is 1.98. The summed E-state index contributed by atoms with van der Waals surface area (Å²) in [6, 6.07) is 13.9. The topological polar surface area (TPSA) is 37.3 Å². The van der Waals surface area contributed by atoms with Crippen LogP contribution in [0, 0.1) is 5.82 Å². The molecule has 2 rings (SSSR count). The maximum Gasteiger partial charge on any atom is 0.307 e. The molecular formula is C16H13FO2. The summed E-state index contributed by atoms with van der Waals surface area (Å²) in [5, 5.41) is 8.52. The van der Waals surface area contributed by atoms with Gasteiger partial charge in [-0.1, -0.05) is 48.6 Å². The second kappa shape index (κ2) is 5.96. The van der Waals surface area contributed by atoms with Gasteiger partial charge in [-0.05, 0) is 28.8 Å². The summed E-state index contributed by atoms with van der Waals surface area (Å²) in [7, 11) is 0. The van der Waals surface area contributed by atoms with Gasteiger partial charge in [-0.15, -0.1) is 0 Å². The van der Waals surface area contributed by atoms with E-state index >= 15 is 0 Å². The lowest BCUT2D eigenvalue weighted by Gasteiger charge is -2.02. The standard InChI is InChI=1S/C16H13FO2/c17-15-5-2-4-14(11-15)13-9-7-12(8-10-13)3-1-6-16(18)19/h1-5,7-11H,6H2,(H,18,19)/b3-1+. The Morgan fingerprint density at radius 2 is 1.84 bits per heavy atom. The van der Waals surface area contributed by atoms with Gasteiger partial charge >= 0.3 is 5.97 Å². The van der Waals surface area contributed by atoms with Gasteiger partial charge in [0.15, 0.2) is 0 Å². The van der Waals surface area contributed by atoms with Crippen molar-refractivity contribution in [3.63, 3.8) is 0 Å². The fourth-order valence-corrected chi connectivity index (χ4v) is 1.75. The maximum absolute atomic E-state index is 13.1. The Morgan fingerprint density at radius 1 is 1.11 bits per heavy atom. The molecule has 0 unspecified atom stereocenters. The molecule has 2 aromatic carbocycles. The predicted octanol–water partition coefficient (Wildman–Crippen LogP) is 3.98. The first kappa shape index (κ1) is 13.0. The van der Waals surface area contributed by atoms with Crippen LogP contribution >= 0.6 is 0 Å². The Balaban J connectivity index is 2.14. The molecule has 0 saturated heterocycles. The quantitative estimate of drug-likeness (QED) is 0.898. The van der Waals surface area contributed by atoms with Crippen molar-refractivity contribution < 1.29 is 14.3 Å². The Hall–Kier alpha value is -2.42. The smallest absolute Gasteiger partial charge is 0.307 e. The highest BCUT2D eigenvalue weighted by Crippen LogP contribution is 2.20. The summed E-state index contributed by atoms with van der Waals surface area (Å²) in [4.78, 5) is 10.4. The SMILES string of the molecule is O=C(O)C/C=C/c1ccc(-c2cccc(F)c2)cc1. The Labute approximate surface area is 110 Å². The summed E-state index contributed by atoms with van der Waals surface area (Å²) >= 11 is 0. The van der Waals surface area contributed by atoms with Gasteiger partial charge in [-0.2, -0.15) is 0 Å². The average Bonchev–Trinajstić information content (AvgIpc) is 2.39. The van der Waals surface area contributed by atoms with Gasteiger partial charge in [-0.25, -0.2) is 4.39 Å². The fraction of sp³-hybridized carbons (Fsp3) is 0.0625. The number of carbonyl (C=O) groups is 1. The lowest BCUT2D eigenvalue weighted by molar-refractivity contribution is -0.135. The average molecular weight is 256 g/mol. The lowest BCUT2D eigenvalue weighted by atomic mass is 10.0. The van der Waals surface area contributed by atoms with Gasteiger partial charge in [0.05, 0.1) is 6.42 Å². The third kappa shape index (κ3) is 3.78. The molecule has 0 bridgehead atoms. The van der Waals surface area contributed by atoms with Gasteiger partial charge in [0, 0.05) is 0 Å². The van der Waals surface area contributed by atoms with Crippen molar-refractivity contribution in [1.82, 2.24) is 0 Å². The van der Waals surface area contributed by atoms with Gasteiger partial charge in [-0.3, -0.25) is 4.79 Å².